The third-order valence-electron chi connectivity index (χ3n) is 6.15. The molecule has 0 saturated carbocycles. The monoisotopic (exact) mass is 403 g/mol. The van der Waals surface area contributed by atoms with E-state index in [0.29, 0.717) is 37.2 Å². The lowest BCUT2D eigenvalue weighted by molar-refractivity contribution is 0.0552. The Kier molecular flexibility index (Phi) is 5.96. The summed E-state index contributed by atoms with van der Waals surface area (Å²) in [6.07, 6.45) is 7.74. The molecule has 4 heterocycles. The van der Waals surface area contributed by atoms with Crippen LogP contribution in [0.3, 0.4) is 0 Å². The van der Waals surface area contributed by atoms with Gasteiger partial charge in [-0.1, -0.05) is 5.16 Å². The number of nitrogens with zero attached hydrogens (tertiary/aromatic N) is 5. The van der Waals surface area contributed by atoms with Crippen molar-refractivity contribution in [2.75, 3.05) is 40.0 Å². The average molecular weight is 403 g/mol. The lowest BCUT2D eigenvalue weighted by atomic mass is 9.76. The molecule has 2 aliphatic heterocycles. The fraction of sp³-hybridized carbons (Fsp3) is 0.700. The predicted octanol–water partition coefficient (Wildman–Crippen LogP) is 1.91. The lowest BCUT2D eigenvalue weighted by Gasteiger charge is -2.40. The number of imidazole rings is 1. The van der Waals surface area contributed by atoms with Gasteiger partial charge in [0.15, 0.2) is 11.6 Å². The molecule has 0 aliphatic carbocycles. The number of amides is 1. The summed E-state index contributed by atoms with van der Waals surface area (Å²) < 4.78 is 18.3. The van der Waals surface area contributed by atoms with Crippen LogP contribution in [0.25, 0.3) is 0 Å². The van der Waals surface area contributed by atoms with Crippen molar-refractivity contribution in [1.82, 2.24) is 24.6 Å². The summed E-state index contributed by atoms with van der Waals surface area (Å²) in [6.45, 7) is 3.26. The van der Waals surface area contributed by atoms with Gasteiger partial charge in [-0.25, -0.2) is 4.98 Å². The van der Waals surface area contributed by atoms with E-state index in [1.54, 1.807) is 24.1 Å². The van der Waals surface area contributed by atoms with Gasteiger partial charge in [0, 0.05) is 65.4 Å². The molecule has 9 nitrogen and oxygen atoms in total. The summed E-state index contributed by atoms with van der Waals surface area (Å²) in [7, 11) is 3.53. The maximum atomic E-state index is 13.1. The highest BCUT2D eigenvalue weighted by molar-refractivity contribution is 5.91. The van der Waals surface area contributed by atoms with Gasteiger partial charge >= 0.3 is 0 Å². The van der Waals surface area contributed by atoms with E-state index in [0.717, 1.165) is 45.3 Å². The van der Waals surface area contributed by atoms with E-state index in [9.17, 15) is 4.79 Å². The van der Waals surface area contributed by atoms with Gasteiger partial charge in [0.05, 0.1) is 5.41 Å². The normalized spacial score (nSPS) is 23.4. The van der Waals surface area contributed by atoms with Crippen LogP contribution in [0.2, 0.25) is 0 Å². The fourth-order valence-electron chi connectivity index (χ4n) is 4.37. The Hall–Kier alpha value is -2.26. The molecule has 0 spiro atoms. The van der Waals surface area contributed by atoms with Crippen molar-refractivity contribution < 1.29 is 18.8 Å². The van der Waals surface area contributed by atoms with Gasteiger partial charge in [-0.05, 0) is 32.1 Å². The van der Waals surface area contributed by atoms with Gasteiger partial charge in [-0.15, -0.1) is 0 Å². The van der Waals surface area contributed by atoms with Crippen molar-refractivity contribution >= 4 is 5.91 Å². The van der Waals surface area contributed by atoms with Crippen molar-refractivity contribution in [2.24, 2.45) is 7.05 Å². The molecule has 158 valence electrons. The highest BCUT2D eigenvalue weighted by Crippen LogP contribution is 2.37. The van der Waals surface area contributed by atoms with E-state index in [4.69, 9.17) is 19.0 Å². The van der Waals surface area contributed by atoms with E-state index in [1.165, 1.54) is 0 Å². The summed E-state index contributed by atoms with van der Waals surface area (Å²) in [5, 5.41) is 4.37. The number of carbonyl (C=O) groups excluding carboxylic acids is 1. The minimum atomic E-state index is -0.373. The van der Waals surface area contributed by atoms with Crippen LogP contribution >= 0.6 is 0 Å². The number of likely N-dealkylation sites (tertiary alicyclic amines) is 1. The number of carbonyl (C=O) groups is 1. The molecule has 2 aromatic rings. The summed E-state index contributed by atoms with van der Waals surface area (Å²) in [5.41, 5.74) is -0.373. The Balaban J connectivity index is 1.58. The second-order valence-corrected chi connectivity index (χ2v) is 8.06. The van der Waals surface area contributed by atoms with Gasteiger partial charge in [-0.3, -0.25) is 4.79 Å². The number of hydrogen-bond donors (Lipinski definition) is 0. The number of rotatable bonds is 6. The Labute approximate surface area is 170 Å². The van der Waals surface area contributed by atoms with Crippen molar-refractivity contribution in [1.29, 1.82) is 0 Å². The quantitative estimate of drug-likeness (QED) is 0.727. The third kappa shape index (κ3) is 4.06. The Morgan fingerprint density at radius 3 is 2.93 bits per heavy atom. The SMILES string of the molecule is COCCC1(c2noc(C3CCOCC3)n2)CCCN(C(=O)c2nccn2C)C1. The Bertz CT molecular complexity index is 828. The maximum Gasteiger partial charge on any atom is 0.289 e. The summed E-state index contributed by atoms with van der Waals surface area (Å²) in [4.78, 5) is 24.0. The van der Waals surface area contributed by atoms with Gasteiger partial charge in [0.1, 0.15) is 0 Å². The van der Waals surface area contributed by atoms with Crippen molar-refractivity contribution in [2.45, 2.75) is 43.4 Å². The molecule has 0 N–H and O–H groups in total. The number of aromatic nitrogens is 4. The second kappa shape index (κ2) is 8.62. The molecule has 1 unspecified atom stereocenters. The highest BCUT2D eigenvalue weighted by Gasteiger charge is 2.43. The van der Waals surface area contributed by atoms with E-state index in [1.807, 2.05) is 11.9 Å². The summed E-state index contributed by atoms with van der Waals surface area (Å²) in [6, 6.07) is 0. The molecule has 0 aromatic carbocycles. The zero-order chi connectivity index (χ0) is 20.3. The summed E-state index contributed by atoms with van der Waals surface area (Å²) >= 11 is 0. The molecule has 2 fully saturated rings. The predicted molar refractivity (Wildman–Crippen MR) is 104 cm³/mol. The van der Waals surface area contributed by atoms with Crippen molar-refractivity contribution in [3.05, 3.63) is 29.9 Å². The number of ether oxygens (including phenoxy) is 2. The van der Waals surface area contributed by atoms with E-state index in [2.05, 4.69) is 10.1 Å². The molecule has 4 rings (SSSR count). The van der Waals surface area contributed by atoms with E-state index >= 15 is 0 Å². The lowest BCUT2D eigenvalue weighted by Crippen LogP contribution is -2.50. The molecular weight excluding hydrogens is 374 g/mol. The molecular formula is C20H29N5O4. The third-order valence-corrected chi connectivity index (χ3v) is 6.15. The van der Waals surface area contributed by atoms with Crippen LogP contribution in [0.15, 0.2) is 16.9 Å². The van der Waals surface area contributed by atoms with Crippen molar-refractivity contribution in [3.63, 3.8) is 0 Å². The average Bonchev–Trinajstić information content (AvgIpc) is 3.42. The van der Waals surface area contributed by atoms with Gasteiger partial charge in [-0.2, -0.15) is 4.98 Å². The largest absolute Gasteiger partial charge is 0.385 e. The summed E-state index contributed by atoms with van der Waals surface area (Å²) in [5.74, 6) is 2.01. The van der Waals surface area contributed by atoms with E-state index in [-0.39, 0.29) is 17.2 Å². The first-order valence-electron chi connectivity index (χ1n) is 10.3. The van der Waals surface area contributed by atoms with Crippen LogP contribution in [-0.2, 0) is 21.9 Å². The number of aryl methyl sites for hydroxylation is 1. The minimum Gasteiger partial charge on any atom is -0.385 e. The molecule has 2 aromatic heterocycles. The second-order valence-electron chi connectivity index (χ2n) is 8.06. The van der Waals surface area contributed by atoms with Crippen LogP contribution in [0.5, 0.6) is 0 Å². The van der Waals surface area contributed by atoms with Crippen LogP contribution in [0, 0.1) is 0 Å². The maximum absolute atomic E-state index is 13.1. The van der Waals surface area contributed by atoms with Crippen molar-refractivity contribution in [3.8, 4) is 0 Å². The molecule has 29 heavy (non-hydrogen) atoms. The molecule has 2 saturated heterocycles. The smallest absolute Gasteiger partial charge is 0.289 e. The Morgan fingerprint density at radius 2 is 2.21 bits per heavy atom. The van der Waals surface area contributed by atoms with Crippen LogP contribution in [0.4, 0.5) is 0 Å². The molecule has 1 amide bonds. The highest BCUT2D eigenvalue weighted by atomic mass is 16.5. The first kappa shape index (κ1) is 20.0. The minimum absolute atomic E-state index is 0.0628. The zero-order valence-corrected chi connectivity index (χ0v) is 17.2. The first-order valence-corrected chi connectivity index (χ1v) is 10.3. The number of piperidine rings is 1. The van der Waals surface area contributed by atoms with Crippen LogP contribution < -0.4 is 0 Å². The number of methoxy groups -OCH3 is 1. The van der Waals surface area contributed by atoms with Gasteiger partial charge < -0.3 is 23.5 Å². The zero-order valence-electron chi connectivity index (χ0n) is 17.2. The first-order chi connectivity index (χ1) is 14.1. The van der Waals surface area contributed by atoms with Gasteiger partial charge in [0.25, 0.3) is 5.91 Å². The van der Waals surface area contributed by atoms with E-state index < -0.39 is 0 Å². The van der Waals surface area contributed by atoms with Gasteiger partial charge in [0.2, 0.25) is 5.89 Å². The van der Waals surface area contributed by atoms with Crippen LogP contribution in [-0.4, -0.2) is 70.5 Å². The molecule has 2 aliphatic rings. The fourth-order valence-corrected chi connectivity index (χ4v) is 4.37. The molecule has 1 atom stereocenters. The molecule has 0 bridgehead atoms. The Morgan fingerprint density at radius 1 is 1.38 bits per heavy atom. The topological polar surface area (TPSA) is 95.5 Å². The number of hydrogen-bond acceptors (Lipinski definition) is 7. The molecule has 0 radical (unpaired) electrons. The molecule has 9 heteroatoms. The van der Waals surface area contributed by atoms with Crippen LogP contribution in [0.1, 0.15) is 60.4 Å². The standard InChI is InChI=1S/C20H29N5O4/c1-24-10-8-21-16(24)18(26)25-9-3-6-20(14-25,7-13-27-2)19-22-17(29-23-19)15-4-11-28-12-5-15/h8,10,15H,3-7,9,11-14H2,1-2H3.